The third-order valence-corrected chi connectivity index (χ3v) is 3.04. The zero-order chi connectivity index (χ0) is 12.6. The maximum Gasteiger partial charge on any atom is 0.125 e. The van der Waals surface area contributed by atoms with Gasteiger partial charge in [-0.05, 0) is 35.0 Å². The fourth-order valence-corrected chi connectivity index (χ4v) is 2.35. The molecular weight excluding hydrogens is 312 g/mol. The number of halogens is 3. The van der Waals surface area contributed by atoms with Crippen LogP contribution >= 0.6 is 27.5 Å². The summed E-state index contributed by atoms with van der Waals surface area (Å²) in [5, 5.41) is 17.2. The Labute approximate surface area is 110 Å². The van der Waals surface area contributed by atoms with Gasteiger partial charge in [0.1, 0.15) is 11.5 Å². The molecule has 1 heterocycles. The van der Waals surface area contributed by atoms with Crippen molar-refractivity contribution in [2.45, 2.75) is 13.0 Å². The number of hydrogen-bond donors (Lipinski definition) is 1. The number of rotatable bonds is 2. The minimum atomic E-state index is -0.721. The summed E-state index contributed by atoms with van der Waals surface area (Å²) in [6, 6.07) is 2.47. The van der Waals surface area contributed by atoms with E-state index < -0.39 is 11.9 Å². The molecule has 0 amide bonds. The molecule has 0 aliphatic heterocycles. The van der Waals surface area contributed by atoms with Crippen LogP contribution in [-0.4, -0.2) is 20.1 Å². The summed E-state index contributed by atoms with van der Waals surface area (Å²) in [5.41, 5.74) is 0.893. The Balaban J connectivity index is 2.52. The fraction of sp³-hybridized carbons (Fsp3) is 0.200. The standard InChI is InChI=1S/C10H8BrClFN3O/c1-5(17)9-4-16(15-14-9)10-7(11)2-6(13)3-8(10)12/h2-5,17H,1H3. The number of aromatic nitrogens is 3. The van der Waals surface area contributed by atoms with Crippen LogP contribution in [0.4, 0.5) is 4.39 Å². The predicted molar refractivity (Wildman–Crippen MR) is 64.7 cm³/mol. The van der Waals surface area contributed by atoms with E-state index in [-0.39, 0.29) is 5.02 Å². The van der Waals surface area contributed by atoms with E-state index in [4.69, 9.17) is 11.6 Å². The summed E-state index contributed by atoms with van der Waals surface area (Å²) >= 11 is 9.14. The average Bonchev–Trinajstić information content (AvgIpc) is 2.65. The largest absolute Gasteiger partial charge is 0.387 e. The van der Waals surface area contributed by atoms with Crippen molar-refractivity contribution in [3.05, 3.63) is 39.3 Å². The molecule has 2 aromatic rings. The maximum absolute atomic E-state index is 13.1. The summed E-state index contributed by atoms with van der Waals surface area (Å²) in [5.74, 6) is -0.443. The second kappa shape index (κ2) is 4.72. The molecule has 90 valence electrons. The quantitative estimate of drug-likeness (QED) is 0.925. The molecule has 0 aliphatic carbocycles. The Bertz CT molecular complexity index is 535. The van der Waals surface area contributed by atoms with E-state index in [1.54, 1.807) is 6.92 Å². The zero-order valence-corrected chi connectivity index (χ0v) is 11.1. The van der Waals surface area contributed by atoms with Gasteiger partial charge in [-0.15, -0.1) is 5.10 Å². The molecule has 1 atom stereocenters. The first-order valence-electron chi connectivity index (χ1n) is 4.74. The van der Waals surface area contributed by atoms with Crippen LogP contribution in [0.1, 0.15) is 18.7 Å². The number of nitrogens with zero attached hydrogens (tertiary/aromatic N) is 3. The van der Waals surface area contributed by atoms with Gasteiger partial charge in [-0.25, -0.2) is 9.07 Å². The topological polar surface area (TPSA) is 50.9 Å². The summed E-state index contributed by atoms with van der Waals surface area (Å²) in [6.45, 7) is 1.58. The van der Waals surface area contributed by atoms with Gasteiger partial charge in [0.15, 0.2) is 0 Å². The lowest BCUT2D eigenvalue weighted by molar-refractivity contribution is 0.194. The Kier molecular flexibility index (Phi) is 3.46. The van der Waals surface area contributed by atoms with E-state index in [1.807, 2.05) is 0 Å². The molecule has 7 heteroatoms. The first kappa shape index (κ1) is 12.5. The molecule has 0 aliphatic rings. The lowest BCUT2D eigenvalue weighted by atomic mass is 10.3. The van der Waals surface area contributed by atoms with E-state index in [0.717, 1.165) is 0 Å². The van der Waals surface area contributed by atoms with Crippen LogP contribution in [0.5, 0.6) is 0 Å². The van der Waals surface area contributed by atoms with E-state index in [1.165, 1.54) is 23.0 Å². The van der Waals surface area contributed by atoms with Gasteiger partial charge in [-0.1, -0.05) is 16.8 Å². The Hall–Kier alpha value is -0.980. The molecule has 1 aromatic heterocycles. The lowest BCUT2D eigenvalue weighted by Gasteiger charge is -2.06. The van der Waals surface area contributed by atoms with Crippen molar-refractivity contribution in [1.29, 1.82) is 0 Å². The summed E-state index contributed by atoms with van der Waals surface area (Å²) in [4.78, 5) is 0. The maximum atomic E-state index is 13.1. The van der Waals surface area contributed by atoms with Crippen LogP contribution in [0, 0.1) is 5.82 Å². The molecule has 0 fully saturated rings. The van der Waals surface area contributed by atoms with Crippen molar-refractivity contribution in [2.24, 2.45) is 0 Å². The van der Waals surface area contributed by atoms with E-state index >= 15 is 0 Å². The third kappa shape index (κ3) is 2.48. The third-order valence-electron chi connectivity index (χ3n) is 2.15. The SMILES string of the molecule is CC(O)c1cn(-c2c(Cl)cc(F)cc2Br)nn1. The van der Waals surface area contributed by atoms with Crippen LogP contribution in [0.25, 0.3) is 5.69 Å². The molecule has 4 nitrogen and oxygen atoms in total. The van der Waals surface area contributed by atoms with Gasteiger partial charge in [0.2, 0.25) is 0 Å². The molecule has 2 rings (SSSR count). The molecule has 0 bridgehead atoms. The highest BCUT2D eigenvalue weighted by Gasteiger charge is 2.14. The van der Waals surface area contributed by atoms with Crippen LogP contribution < -0.4 is 0 Å². The average molecular weight is 321 g/mol. The molecule has 1 aromatic carbocycles. The monoisotopic (exact) mass is 319 g/mol. The molecule has 0 saturated carbocycles. The summed E-state index contributed by atoms with van der Waals surface area (Å²) < 4.78 is 14.9. The van der Waals surface area contributed by atoms with Crippen LogP contribution in [0.15, 0.2) is 22.8 Å². The van der Waals surface area contributed by atoms with Gasteiger partial charge in [0.05, 0.1) is 23.0 Å². The van der Waals surface area contributed by atoms with Crippen LogP contribution in [0.3, 0.4) is 0 Å². The Morgan fingerprint density at radius 2 is 2.24 bits per heavy atom. The van der Waals surface area contributed by atoms with Gasteiger partial charge in [0, 0.05) is 4.47 Å². The first-order chi connectivity index (χ1) is 7.99. The van der Waals surface area contributed by atoms with Crippen molar-refractivity contribution in [3.8, 4) is 5.69 Å². The molecule has 1 N–H and O–H groups in total. The van der Waals surface area contributed by atoms with Gasteiger partial charge in [0.25, 0.3) is 0 Å². The van der Waals surface area contributed by atoms with Gasteiger partial charge in [-0.3, -0.25) is 0 Å². The minimum absolute atomic E-state index is 0.207. The van der Waals surface area contributed by atoms with Crippen LogP contribution in [-0.2, 0) is 0 Å². The molecule has 17 heavy (non-hydrogen) atoms. The lowest BCUT2D eigenvalue weighted by Crippen LogP contribution is -1.98. The molecular formula is C10H8BrClFN3O. The highest BCUT2D eigenvalue weighted by atomic mass is 79.9. The summed E-state index contributed by atoms with van der Waals surface area (Å²) in [6.07, 6.45) is 0.816. The van der Waals surface area contributed by atoms with Crippen LogP contribution in [0.2, 0.25) is 5.02 Å². The first-order valence-corrected chi connectivity index (χ1v) is 5.91. The number of hydrogen-bond acceptors (Lipinski definition) is 3. The summed E-state index contributed by atoms with van der Waals surface area (Å²) in [7, 11) is 0. The molecule has 0 radical (unpaired) electrons. The van der Waals surface area contributed by atoms with Crippen molar-refractivity contribution < 1.29 is 9.50 Å². The van der Waals surface area contributed by atoms with Gasteiger partial charge >= 0.3 is 0 Å². The number of benzene rings is 1. The normalized spacial score (nSPS) is 12.8. The smallest absolute Gasteiger partial charge is 0.125 e. The Morgan fingerprint density at radius 3 is 2.76 bits per heavy atom. The van der Waals surface area contributed by atoms with Crippen molar-refractivity contribution in [1.82, 2.24) is 15.0 Å². The molecule has 0 spiro atoms. The van der Waals surface area contributed by atoms with Gasteiger partial charge in [-0.2, -0.15) is 0 Å². The number of aliphatic hydroxyl groups is 1. The van der Waals surface area contributed by atoms with E-state index in [2.05, 4.69) is 26.2 Å². The van der Waals surface area contributed by atoms with E-state index in [0.29, 0.717) is 15.9 Å². The highest BCUT2D eigenvalue weighted by molar-refractivity contribution is 9.10. The van der Waals surface area contributed by atoms with E-state index in [9.17, 15) is 9.50 Å². The second-order valence-corrected chi connectivity index (χ2v) is 4.74. The highest BCUT2D eigenvalue weighted by Crippen LogP contribution is 2.29. The predicted octanol–water partition coefficient (Wildman–Crippen LogP) is 2.88. The number of aliphatic hydroxyl groups excluding tert-OH is 1. The minimum Gasteiger partial charge on any atom is -0.387 e. The zero-order valence-electron chi connectivity index (χ0n) is 8.73. The second-order valence-electron chi connectivity index (χ2n) is 3.48. The molecule has 0 saturated heterocycles. The molecule has 1 unspecified atom stereocenters. The fourth-order valence-electron chi connectivity index (χ4n) is 1.33. The Morgan fingerprint density at radius 1 is 1.53 bits per heavy atom. The van der Waals surface area contributed by atoms with Crippen molar-refractivity contribution >= 4 is 27.5 Å². The van der Waals surface area contributed by atoms with Gasteiger partial charge < -0.3 is 5.11 Å². The van der Waals surface area contributed by atoms with Crippen molar-refractivity contribution in [3.63, 3.8) is 0 Å². The van der Waals surface area contributed by atoms with Crippen molar-refractivity contribution in [2.75, 3.05) is 0 Å².